The van der Waals surface area contributed by atoms with Crippen molar-refractivity contribution < 1.29 is 28.1 Å². The van der Waals surface area contributed by atoms with E-state index in [2.05, 4.69) is 61.9 Å². The van der Waals surface area contributed by atoms with Crippen LogP contribution in [0.4, 0.5) is 16.0 Å². The molecule has 3 aromatic rings. The average Bonchev–Trinajstić information content (AvgIpc) is 3.64. The van der Waals surface area contributed by atoms with Gasteiger partial charge in [-0.1, -0.05) is 6.07 Å². The van der Waals surface area contributed by atoms with Crippen LogP contribution in [0.25, 0.3) is 0 Å². The lowest BCUT2D eigenvalue weighted by Crippen LogP contribution is -2.41. The number of hydrogen-bond donors (Lipinski definition) is 1. The van der Waals surface area contributed by atoms with Gasteiger partial charge in [-0.15, -0.1) is 0 Å². The number of nitrogens with one attached hydrogen (secondary N) is 1. The number of carbonyl (C=O) groups excluding carboxylic acids is 3. The minimum Gasteiger partial charge on any atom is -0.399 e. The third-order valence-corrected chi connectivity index (χ3v) is 11.2. The number of nitrogens with zero attached hydrogens (tertiary/aromatic N) is 8. The molecular weight excluding hydrogens is 864 g/mol. The number of halogens is 3. The summed E-state index contributed by atoms with van der Waals surface area (Å²) in [6.07, 6.45) is 10.9. The molecule has 4 aliphatic rings. The van der Waals surface area contributed by atoms with Crippen LogP contribution in [-0.2, 0) is 23.7 Å². The van der Waals surface area contributed by atoms with Gasteiger partial charge in [0.05, 0.1) is 11.2 Å². The van der Waals surface area contributed by atoms with Crippen molar-refractivity contribution in [3.8, 4) is 0 Å². The minimum atomic E-state index is -0.451. The summed E-state index contributed by atoms with van der Waals surface area (Å²) in [5.74, 6) is 1.46. The molecule has 7 rings (SSSR count). The molecule has 4 fully saturated rings. The number of pyridine rings is 3. The average molecular weight is 920 g/mol. The molecule has 0 aliphatic carbocycles. The van der Waals surface area contributed by atoms with Crippen LogP contribution in [0.2, 0.25) is 0 Å². The fraction of sp³-hybridized carbons (Fsp3) is 0.538. The first-order chi connectivity index (χ1) is 27.3. The zero-order valence-electron chi connectivity index (χ0n) is 33.4. The Hall–Kier alpha value is -3.71. The van der Waals surface area contributed by atoms with Gasteiger partial charge in [0.1, 0.15) is 11.6 Å². The molecule has 3 amide bonds. The Balaban J connectivity index is 0.000000186. The van der Waals surface area contributed by atoms with Crippen molar-refractivity contribution in [1.82, 2.24) is 35.0 Å². The second-order valence-electron chi connectivity index (χ2n) is 14.9. The Labute approximate surface area is 353 Å². The van der Waals surface area contributed by atoms with Crippen molar-refractivity contribution >= 4 is 75.3 Å². The first kappa shape index (κ1) is 46.0. The first-order valence-corrected chi connectivity index (χ1v) is 20.9. The fourth-order valence-corrected chi connectivity index (χ4v) is 6.60. The van der Waals surface area contributed by atoms with Gasteiger partial charge >= 0.3 is 7.12 Å². The maximum atomic E-state index is 12.0. The summed E-state index contributed by atoms with van der Waals surface area (Å²) in [4.78, 5) is 54.0. The van der Waals surface area contributed by atoms with Crippen LogP contribution in [0.1, 0.15) is 47.0 Å². The summed E-state index contributed by atoms with van der Waals surface area (Å²) in [7, 11) is -0.383. The molecular formula is C39H55BBr2FN9O5. The Kier molecular flexibility index (Phi) is 18.6. The largest absolute Gasteiger partial charge is 0.496 e. The quantitative estimate of drug-likeness (QED) is 0.219. The lowest BCUT2D eigenvalue weighted by Gasteiger charge is -2.32. The van der Waals surface area contributed by atoms with Gasteiger partial charge in [-0.3, -0.25) is 14.4 Å². The molecule has 4 aliphatic heterocycles. The van der Waals surface area contributed by atoms with E-state index in [9.17, 15) is 18.8 Å². The lowest BCUT2D eigenvalue weighted by molar-refractivity contribution is -0.118. The number of rotatable bonds is 6. The highest BCUT2D eigenvalue weighted by Gasteiger charge is 2.51. The van der Waals surface area contributed by atoms with Crippen LogP contribution in [0.3, 0.4) is 0 Å². The molecule has 0 unspecified atom stereocenters. The number of amides is 3. The topological polar surface area (TPSA) is 137 Å². The van der Waals surface area contributed by atoms with Crippen LogP contribution >= 0.6 is 31.9 Å². The van der Waals surface area contributed by atoms with Crippen molar-refractivity contribution in [1.29, 1.82) is 0 Å². The van der Waals surface area contributed by atoms with E-state index >= 15 is 0 Å². The monoisotopic (exact) mass is 917 g/mol. The van der Waals surface area contributed by atoms with E-state index in [4.69, 9.17) is 9.31 Å². The molecule has 1 N–H and O–H groups in total. The summed E-state index contributed by atoms with van der Waals surface area (Å²) < 4.78 is 25.9. The molecule has 0 saturated carbocycles. The van der Waals surface area contributed by atoms with E-state index in [1.807, 2.05) is 68.0 Å². The van der Waals surface area contributed by atoms with Crippen molar-refractivity contribution in [3.63, 3.8) is 0 Å². The van der Waals surface area contributed by atoms with E-state index in [-0.39, 0.29) is 18.3 Å². The molecule has 0 radical (unpaired) electrons. The van der Waals surface area contributed by atoms with E-state index in [1.165, 1.54) is 12.3 Å². The van der Waals surface area contributed by atoms with Crippen molar-refractivity contribution in [2.75, 3.05) is 88.3 Å². The van der Waals surface area contributed by atoms with Crippen LogP contribution in [0, 0.1) is 5.95 Å². The summed E-state index contributed by atoms with van der Waals surface area (Å²) in [5, 5.41) is 3.21. The molecule has 14 nitrogen and oxygen atoms in total. The van der Waals surface area contributed by atoms with E-state index < -0.39 is 5.95 Å². The number of aromatic nitrogens is 3. The van der Waals surface area contributed by atoms with Crippen molar-refractivity contribution in [3.05, 3.63) is 69.9 Å². The Morgan fingerprint density at radius 1 is 0.614 bits per heavy atom. The van der Waals surface area contributed by atoms with Gasteiger partial charge in [0.2, 0.25) is 25.2 Å². The molecule has 18 heteroatoms. The Bertz CT molecular complexity index is 1620. The third kappa shape index (κ3) is 14.9. The number of carbonyl (C=O) groups is 3. The van der Waals surface area contributed by atoms with Gasteiger partial charge in [-0.25, -0.2) is 15.0 Å². The zero-order valence-corrected chi connectivity index (χ0v) is 36.5. The highest BCUT2D eigenvalue weighted by Crippen LogP contribution is 2.36. The first-order valence-electron chi connectivity index (χ1n) is 19.3. The summed E-state index contributed by atoms with van der Waals surface area (Å²) in [6, 6.07) is 10.9. The predicted octanol–water partition coefficient (Wildman–Crippen LogP) is 3.98. The second-order valence-corrected chi connectivity index (χ2v) is 16.7. The molecule has 0 spiro atoms. The molecule has 3 aromatic heterocycles. The highest BCUT2D eigenvalue weighted by molar-refractivity contribution is 9.10. The predicted molar refractivity (Wildman–Crippen MR) is 228 cm³/mol. The highest BCUT2D eigenvalue weighted by atomic mass is 79.9. The normalized spacial score (nSPS) is 19.2. The Morgan fingerprint density at radius 2 is 1.11 bits per heavy atom. The molecule has 0 aromatic carbocycles. The fourth-order valence-electron chi connectivity index (χ4n) is 6.13. The summed E-state index contributed by atoms with van der Waals surface area (Å²) in [5.41, 5.74) is 0.237. The van der Waals surface area contributed by atoms with E-state index in [1.54, 1.807) is 17.2 Å². The molecule has 0 atom stereocenters. The maximum Gasteiger partial charge on any atom is 0.496 e. The SMILES string of the molecule is CC1(C)OB(c2ccc(N3CCCN(C=O)CC3)nc2)OC1(C)C.Fc1ccc(Br)cn1.O=CN1CCCN(c2ccc(Br)cn2)CC1.O=CN1CCCNCC1. The van der Waals surface area contributed by atoms with Gasteiger partial charge in [0.25, 0.3) is 0 Å². The molecule has 310 valence electrons. The van der Waals surface area contributed by atoms with E-state index in [0.717, 1.165) is 143 Å². The van der Waals surface area contributed by atoms with E-state index in [0.29, 0.717) is 0 Å². The second kappa shape index (κ2) is 23.0. The zero-order chi connectivity index (χ0) is 41.3. The standard InChI is InChI=1S/C17H26BN3O3.C11H14BrN3O.C6H12N2O.C5H3BrFN/c1-16(2)17(3,4)24-18(23-16)14-6-7-15(19-12-14)21-9-5-8-20(13-22)10-11-21;12-10-2-3-11(13-8-10)15-5-1-4-14(9-16)6-7-15;9-6-8-4-1-2-7-3-5-8;6-4-1-2-5(7)8-3-4/h6-7,12-13H,5,8-11H2,1-4H3;2-3,8-9H,1,4-7H2;6-7H,1-5H2;1-3H. The smallest absolute Gasteiger partial charge is 0.399 e. The van der Waals surface area contributed by atoms with Crippen LogP contribution in [-0.4, -0.2) is 146 Å². The third-order valence-electron chi connectivity index (χ3n) is 10.2. The van der Waals surface area contributed by atoms with Gasteiger partial charge in [-0.05, 0) is 116 Å². The van der Waals surface area contributed by atoms with Crippen molar-refractivity contribution in [2.45, 2.75) is 58.2 Å². The molecule has 57 heavy (non-hydrogen) atoms. The Morgan fingerprint density at radius 3 is 1.56 bits per heavy atom. The molecule has 7 heterocycles. The van der Waals surface area contributed by atoms with Crippen LogP contribution < -0.4 is 20.6 Å². The van der Waals surface area contributed by atoms with Gasteiger partial charge in [0, 0.05) is 105 Å². The van der Waals surface area contributed by atoms with Crippen molar-refractivity contribution in [2.24, 2.45) is 0 Å². The van der Waals surface area contributed by atoms with Crippen LogP contribution in [0.15, 0.2) is 63.9 Å². The number of anilines is 2. The van der Waals surface area contributed by atoms with Gasteiger partial charge in [-0.2, -0.15) is 4.39 Å². The molecule has 0 bridgehead atoms. The maximum absolute atomic E-state index is 12.0. The van der Waals surface area contributed by atoms with Gasteiger partial charge < -0.3 is 39.1 Å². The van der Waals surface area contributed by atoms with Crippen LogP contribution in [0.5, 0.6) is 0 Å². The summed E-state index contributed by atoms with van der Waals surface area (Å²) >= 11 is 6.49. The lowest BCUT2D eigenvalue weighted by atomic mass is 9.80. The number of hydrogen-bond acceptors (Lipinski definition) is 11. The minimum absolute atomic E-state index is 0.348. The summed E-state index contributed by atoms with van der Waals surface area (Å²) in [6.45, 7) is 18.7. The van der Waals surface area contributed by atoms with Gasteiger partial charge in [0.15, 0.2) is 0 Å². The molecule has 4 saturated heterocycles.